The number of amides is 1. The predicted octanol–water partition coefficient (Wildman–Crippen LogP) is 4.54. The molecule has 1 aliphatic rings. The monoisotopic (exact) mass is 336 g/mol. The van der Waals surface area contributed by atoms with Crippen LogP contribution in [0.2, 0.25) is 0 Å². The number of anilines is 2. The highest BCUT2D eigenvalue weighted by molar-refractivity contribution is 7.98. The minimum atomic E-state index is -0.465. The number of hydrogen-bond donors (Lipinski definition) is 1. The maximum atomic E-state index is 12.4. The van der Waals surface area contributed by atoms with E-state index < -0.39 is 5.60 Å². The largest absolute Gasteiger partial charge is 0.443 e. The molecular weight excluding hydrogens is 308 g/mol. The van der Waals surface area contributed by atoms with E-state index >= 15 is 0 Å². The third kappa shape index (κ3) is 5.34. The zero-order valence-corrected chi connectivity index (χ0v) is 15.5. The van der Waals surface area contributed by atoms with Crippen LogP contribution in [0.15, 0.2) is 18.2 Å². The van der Waals surface area contributed by atoms with E-state index in [0.29, 0.717) is 0 Å². The Labute approximate surface area is 144 Å². The zero-order chi connectivity index (χ0) is 16.9. The Balaban J connectivity index is 2.06. The SMILES string of the molecule is CSCCCNc1ccc2c(c1)CCCN2C(=O)OC(C)(C)C. The lowest BCUT2D eigenvalue weighted by atomic mass is 10.0. The van der Waals surface area contributed by atoms with Crippen molar-refractivity contribution in [2.75, 3.05) is 35.3 Å². The van der Waals surface area contributed by atoms with E-state index in [4.69, 9.17) is 4.74 Å². The number of nitrogens with one attached hydrogen (secondary N) is 1. The highest BCUT2D eigenvalue weighted by atomic mass is 32.2. The number of benzene rings is 1. The number of aryl methyl sites for hydroxylation is 1. The average Bonchev–Trinajstić information content (AvgIpc) is 2.49. The highest BCUT2D eigenvalue weighted by Gasteiger charge is 2.27. The molecular formula is C18H28N2O2S. The van der Waals surface area contributed by atoms with E-state index in [1.165, 1.54) is 11.3 Å². The molecule has 23 heavy (non-hydrogen) atoms. The van der Waals surface area contributed by atoms with Crippen LogP contribution in [-0.4, -0.2) is 36.8 Å². The van der Waals surface area contributed by atoms with Gasteiger partial charge in [-0.1, -0.05) is 0 Å². The Kier molecular flexibility index (Phi) is 6.22. The van der Waals surface area contributed by atoms with E-state index in [-0.39, 0.29) is 6.09 Å². The third-order valence-electron chi connectivity index (χ3n) is 3.67. The van der Waals surface area contributed by atoms with Crippen molar-refractivity contribution in [1.29, 1.82) is 0 Å². The van der Waals surface area contributed by atoms with Gasteiger partial charge in [0.15, 0.2) is 0 Å². The first-order valence-corrected chi connectivity index (χ1v) is 9.66. The van der Waals surface area contributed by atoms with E-state index in [9.17, 15) is 4.79 Å². The van der Waals surface area contributed by atoms with Crippen LogP contribution in [0.5, 0.6) is 0 Å². The van der Waals surface area contributed by atoms with Gasteiger partial charge in [0.1, 0.15) is 5.60 Å². The second-order valence-corrected chi connectivity index (χ2v) is 7.84. The van der Waals surface area contributed by atoms with Crippen LogP contribution in [0, 0.1) is 0 Å². The standard InChI is InChI=1S/C18H28N2O2S/c1-18(2,3)22-17(21)20-11-5-7-14-13-15(8-9-16(14)20)19-10-6-12-23-4/h8-9,13,19H,5-7,10-12H2,1-4H3. The third-order valence-corrected chi connectivity index (χ3v) is 4.36. The van der Waals surface area contributed by atoms with Crippen molar-refractivity contribution in [3.8, 4) is 0 Å². The van der Waals surface area contributed by atoms with Gasteiger partial charge in [0.05, 0.1) is 5.69 Å². The van der Waals surface area contributed by atoms with Gasteiger partial charge in [0.2, 0.25) is 0 Å². The molecule has 0 unspecified atom stereocenters. The number of carbonyl (C=O) groups is 1. The molecule has 0 bridgehead atoms. The summed E-state index contributed by atoms with van der Waals surface area (Å²) in [6, 6.07) is 6.26. The topological polar surface area (TPSA) is 41.6 Å². The Bertz CT molecular complexity index is 540. The van der Waals surface area contributed by atoms with Crippen molar-refractivity contribution in [2.45, 2.75) is 45.6 Å². The van der Waals surface area contributed by atoms with Crippen LogP contribution in [0.25, 0.3) is 0 Å². The van der Waals surface area contributed by atoms with Crippen LogP contribution in [0.1, 0.15) is 39.2 Å². The van der Waals surface area contributed by atoms with Gasteiger partial charge >= 0.3 is 6.09 Å². The lowest BCUT2D eigenvalue weighted by Gasteiger charge is -2.32. The molecule has 4 nitrogen and oxygen atoms in total. The molecule has 1 aromatic carbocycles. The summed E-state index contributed by atoms with van der Waals surface area (Å²) in [5.74, 6) is 1.17. The van der Waals surface area contributed by atoms with Gasteiger partial charge in [-0.3, -0.25) is 4.90 Å². The number of nitrogens with zero attached hydrogens (tertiary/aromatic N) is 1. The summed E-state index contributed by atoms with van der Waals surface area (Å²) in [6.07, 6.45) is 5.02. The highest BCUT2D eigenvalue weighted by Crippen LogP contribution is 2.30. The number of fused-ring (bicyclic) bond motifs is 1. The smallest absolute Gasteiger partial charge is 0.414 e. The quantitative estimate of drug-likeness (QED) is 0.802. The molecule has 0 saturated heterocycles. The molecule has 0 saturated carbocycles. The van der Waals surface area contributed by atoms with Gasteiger partial charge in [-0.05, 0) is 75.8 Å². The molecule has 5 heteroatoms. The molecule has 0 aliphatic carbocycles. The van der Waals surface area contributed by atoms with E-state index in [2.05, 4.69) is 23.7 Å². The van der Waals surface area contributed by atoms with Gasteiger partial charge < -0.3 is 10.1 Å². The molecule has 0 atom stereocenters. The van der Waals surface area contributed by atoms with Crippen LogP contribution in [0.4, 0.5) is 16.2 Å². The number of carbonyl (C=O) groups excluding carboxylic acids is 1. The van der Waals surface area contributed by atoms with Crippen molar-refractivity contribution < 1.29 is 9.53 Å². The van der Waals surface area contributed by atoms with Crippen molar-refractivity contribution in [2.24, 2.45) is 0 Å². The summed E-state index contributed by atoms with van der Waals surface area (Å²) in [4.78, 5) is 14.2. The van der Waals surface area contributed by atoms with E-state index in [1.807, 2.05) is 38.6 Å². The number of ether oxygens (including phenoxy) is 1. The Morgan fingerprint density at radius 1 is 1.39 bits per heavy atom. The summed E-state index contributed by atoms with van der Waals surface area (Å²) in [5, 5.41) is 3.46. The van der Waals surface area contributed by atoms with Gasteiger partial charge in [0, 0.05) is 18.8 Å². The maximum absolute atomic E-state index is 12.4. The van der Waals surface area contributed by atoms with Gasteiger partial charge in [-0.2, -0.15) is 11.8 Å². The molecule has 0 radical (unpaired) electrons. The molecule has 128 valence electrons. The molecule has 0 fully saturated rings. The normalized spacial score (nSPS) is 14.3. The minimum absolute atomic E-state index is 0.251. The summed E-state index contributed by atoms with van der Waals surface area (Å²) in [5.41, 5.74) is 2.88. The summed E-state index contributed by atoms with van der Waals surface area (Å²) in [6.45, 7) is 7.41. The second kappa shape index (κ2) is 7.95. The number of rotatable bonds is 5. The van der Waals surface area contributed by atoms with Crippen LogP contribution in [-0.2, 0) is 11.2 Å². The van der Waals surface area contributed by atoms with Crippen LogP contribution < -0.4 is 10.2 Å². The second-order valence-electron chi connectivity index (χ2n) is 6.85. The number of hydrogen-bond acceptors (Lipinski definition) is 4. The molecule has 2 rings (SSSR count). The molecule has 0 aromatic heterocycles. The van der Waals surface area contributed by atoms with Crippen molar-refractivity contribution in [1.82, 2.24) is 0 Å². The van der Waals surface area contributed by atoms with Crippen LogP contribution >= 0.6 is 11.8 Å². The average molecular weight is 337 g/mol. The summed E-state index contributed by atoms with van der Waals surface area (Å²) in [7, 11) is 0. The van der Waals surface area contributed by atoms with Gasteiger partial charge in [-0.15, -0.1) is 0 Å². The van der Waals surface area contributed by atoms with Crippen molar-refractivity contribution in [3.63, 3.8) is 0 Å². The first-order valence-electron chi connectivity index (χ1n) is 8.27. The van der Waals surface area contributed by atoms with Gasteiger partial charge in [-0.25, -0.2) is 4.79 Å². The zero-order valence-electron chi connectivity index (χ0n) is 14.6. The molecule has 1 heterocycles. The summed E-state index contributed by atoms with van der Waals surface area (Å²) < 4.78 is 5.53. The van der Waals surface area contributed by atoms with Crippen molar-refractivity contribution >= 4 is 29.2 Å². The molecule has 1 aromatic rings. The van der Waals surface area contributed by atoms with E-state index in [1.54, 1.807) is 4.90 Å². The predicted molar refractivity (Wildman–Crippen MR) is 99.8 cm³/mol. The van der Waals surface area contributed by atoms with Crippen LogP contribution in [0.3, 0.4) is 0 Å². The number of thioether (sulfide) groups is 1. The fourth-order valence-electron chi connectivity index (χ4n) is 2.66. The fourth-order valence-corrected chi connectivity index (χ4v) is 3.10. The first-order chi connectivity index (χ1) is 10.9. The maximum Gasteiger partial charge on any atom is 0.414 e. The molecule has 0 spiro atoms. The Hall–Kier alpha value is -1.36. The van der Waals surface area contributed by atoms with E-state index in [0.717, 1.165) is 43.7 Å². The molecule has 1 N–H and O–H groups in total. The minimum Gasteiger partial charge on any atom is -0.443 e. The van der Waals surface area contributed by atoms with Crippen molar-refractivity contribution in [3.05, 3.63) is 23.8 Å². The lowest BCUT2D eigenvalue weighted by molar-refractivity contribution is 0.0578. The first kappa shape index (κ1) is 18.0. The lowest BCUT2D eigenvalue weighted by Crippen LogP contribution is -2.39. The summed E-state index contributed by atoms with van der Waals surface area (Å²) >= 11 is 1.87. The Morgan fingerprint density at radius 3 is 2.87 bits per heavy atom. The van der Waals surface area contributed by atoms with Gasteiger partial charge in [0.25, 0.3) is 0 Å². The molecule has 1 aliphatic heterocycles. The fraction of sp³-hybridized carbons (Fsp3) is 0.611. The Morgan fingerprint density at radius 2 is 2.17 bits per heavy atom. The molecule has 1 amide bonds.